The highest BCUT2D eigenvalue weighted by molar-refractivity contribution is 5.78. The van der Waals surface area contributed by atoms with Gasteiger partial charge in [-0.25, -0.2) is 0 Å². The number of carbonyl (C=O) groups is 1. The van der Waals surface area contributed by atoms with Gasteiger partial charge < -0.3 is 11.1 Å². The molecular weight excluding hydrogens is 188 g/mol. The van der Waals surface area contributed by atoms with E-state index in [1.807, 2.05) is 13.8 Å². The normalized spacial score (nSPS) is 22.1. The molecule has 1 fully saturated rings. The third kappa shape index (κ3) is 4.20. The Hall–Kier alpha value is -0.570. The van der Waals surface area contributed by atoms with E-state index in [4.69, 9.17) is 5.73 Å². The maximum atomic E-state index is 11.6. The zero-order chi connectivity index (χ0) is 11.3. The number of nitrogens with two attached hydrogens (primary N) is 1. The number of hydrogen-bond acceptors (Lipinski definition) is 2. The SMILES string of the molecule is CC(N)C(C)C(=O)NCC1CCCCC1. The monoisotopic (exact) mass is 212 g/mol. The van der Waals surface area contributed by atoms with Crippen LogP contribution in [0.3, 0.4) is 0 Å². The van der Waals surface area contributed by atoms with Gasteiger partial charge in [0.25, 0.3) is 0 Å². The van der Waals surface area contributed by atoms with Gasteiger partial charge in [-0.3, -0.25) is 4.79 Å². The van der Waals surface area contributed by atoms with E-state index in [-0.39, 0.29) is 17.9 Å². The van der Waals surface area contributed by atoms with Crippen molar-refractivity contribution >= 4 is 5.91 Å². The van der Waals surface area contributed by atoms with Gasteiger partial charge in [0.2, 0.25) is 5.91 Å². The molecule has 3 N–H and O–H groups in total. The Morgan fingerprint density at radius 3 is 2.47 bits per heavy atom. The van der Waals surface area contributed by atoms with Crippen LogP contribution in [0.1, 0.15) is 46.0 Å². The maximum Gasteiger partial charge on any atom is 0.224 e. The van der Waals surface area contributed by atoms with E-state index in [1.165, 1.54) is 32.1 Å². The fourth-order valence-electron chi connectivity index (χ4n) is 2.04. The predicted molar refractivity (Wildman–Crippen MR) is 62.4 cm³/mol. The number of rotatable bonds is 4. The molecule has 3 nitrogen and oxygen atoms in total. The van der Waals surface area contributed by atoms with Gasteiger partial charge in [-0.2, -0.15) is 0 Å². The van der Waals surface area contributed by atoms with Crippen LogP contribution in [0.25, 0.3) is 0 Å². The van der Waals surface area contributed by atoms with E-state index >= 15 is 0 Å². The summed E-state index contributed by atoms with van der Waals surface area (Å²) >= 11 is 0. The van der Waals surface area contributed by atoms with Crippen molar-refractivity contribution in [2.24, 2.45) is 17.6 Å². The summed E-state index contributed by atoms with van der Waals surface area (Å²) < 4.78 is 0. The highest BCUT2D eigenvalue weighted by Gasteiger charge is 2.19. The molecule has 1 aliphatic carbocycles. The minimum Gasteiger partial charge on any atom is -0.356 e. The number of nitrogens with one attached hydrogen (secondary N) is 1. The molecule has 0 spiro atoms. The van der Waals surface area contributed by atoms with E-state index < -0.39 is 0 Å². The molecule has 2 atom stereocenters. The molecule has 0 aliphatic heterocycles. The Morgan fingerprint density at radius 2 is 1.93 bits per heavy atom. The average Bonchev–Trinajstić information content (AvgIpc) is 2.26. The fourth-order valence-corrected chi connectivity index (χ4v) is 2.04. The first-order valence-corrected chi connectivity index (χ1v) is 6.14. The van der Waals surface area contributed by atoms with Gasteiger partial charge in [-0.05, 0) is 25.7 Å². The van der Waals surface area contributed by atoms with E-state index in [0.29, 0.717) is 5.92 Å². The van der Waals surface area contributed by atoms with Crippen LogP contribution in [0.2, 0.25) is 0 Å². The molecule has 15 heavy (non-hydrogen) atoms. The zero-order valence-corrected chi connectivity index (χ0v) is 9.96. The first kappa shape index (κ1) is 12.5. The lowest BCUT2D eigenvalue weighted by molar-refractivity contribution is -0.125. The molecule has 0 saturated heterocycles. The Labute approximate surface area is 92.8 Å². The summed E-state index contributed by atoms with van der Waals surface area (Å²) in [5.41, 5.74) is 5.68. The summed E-state index contributed by atoms with van der Waals surface area (Å²) in [7, 11) is 0. The van der Waals surface area contributed by atoms with E-state index in [9.17, 15) is 4.79 Å². The van der Waals surface area contributed by atoms with Gasteiger partial charge in [-0.1, -0.05) is 26.2 Å². The van der Waals surface area contributed by atoms with Gasteiger partial charge in [0.1, 0.15) is 0 Å². The summed E-state index contributed by atoms with van der Waals surface area (Å²) in [6, 6.07) is -0.0589. The summed E-state index contributed by atoms with van der Waals surface area (Å²) in [6.07, 6.45) is 6.55. The zero-order valence-electron chi connectivity index (χ0n) is 9.96. The van der Waals surface area contributed by atoms with Crippen LogP contribution >= 0.6 is 0 Å². The molecule has 88 valence electrons. The van der Waals surface area contributed by atoms with Crippen molar-refractivity contribution < 1.29 is 4.79 Å². The Balaban J connectivity index is 2.20. The molecule has 3 heteroatoms. The largest absolute Gasteiger partial charge is 0.356 e. The van der Waals surface area contributed by atoms with Crippen LogP contribution in [-0.2, 0) is 4.79 Å². The predicted octanol–water partition coefficient (Wildman–Crippen LogP) is 1.67. The van der Waals surface area contributed by atoms with Crippen LogP contribution in [0, 0.1) is 11.8 Å². The quantitative estimate of drug-likeness (QED) is 0.744. The lowest BCUT2D eigenvalue weighted by Gasteiger charge is -2.23. The third-order valence-corrected chi connectivity index (χ3v) is 3.49. The summed E-state index contributed by atoms with van der Waals surface area (Å²) in [4.78, 5) is 11.6. The molecular formula is C12H24N2O. The second-order valence-electron chi connectivity index (χ2n) is 4.90. The lowest BCUT2D eigenvalue weighted by atomic mass is 9.89. The first-order valence-electron chi connectivity index (χ1n) is 6.14. The van der Waals surface area contributed by atoms with Crippen molar-refractivity contribution in [2.75, 3.05) is 6.54 Å². The second-order valence-corrected chi connectivity index (χ2v) is 4.90. The lowest BCUT2D eigenvalue weighted by Crippen LogP contribution is -2.40. The van der Waals surface area contributed by atoms with Crippen LogP contribution in [0.5, 0.6) is 0 Å². The van der Waals surface area contributed by atoms with Gasteiger partial charge in [0.15, 0.2) is 0 Å². The average molecular weight is 212 g/mol. The standard InChI is InChI=1S/C12H24N2O/c1-9(10(2)13)12(15)14-8-11-6-4-3-5-7-11/h9-11H,3-8,13H2,1-2H3,(H,14,15). The van der Waals surface area contributed by atoms with Crippen molar-refractivity contribution in [3.05, 3.63) is 0 Å². The minimum absolute atomic E-state index is 0.0589. The highest BCUT2D eigenvalue weighted by Crippen LogP contribution is 2.22. The molecule has 1 aliphatic rings. The third-order valence-electron chi connectivity index (χ3n) is 3.49. The minimum atomic E-state index is -0.0754. The number of amides is 1. The van der Waals surface area contributed by atoms with Crippen molar-refractivity contribution in [1.82, 2.24) is 5.32 Å². The number of carbonyl (C=O) groups excluding carboxylic acids is 1. The van der Waals surface area contributed by atoms with Gasteiger partial charge in [-0.15, -0.1) is 0 Å². The van der Waals surface area contributed by atoms with Crippen molar-refractivity contribution in [1.29, 1.82) is 0 Å². The molecule has 0 radical (unpaired) electrons. The fraction of sp³-hybridized carbons (Fsp3) is 0.917. The molecule has 0 heterocycles. The van der Waals surface area contributed by atoms with E-state index in [0.717, 1.165) is 6.54 Å². The molecule has 2 unspecified atom stereocenters. The van der Waals surface area contributed by atoms with Crippen LogP contribution in [-0.4, -0.2) is 18.5 Å². The topological polar surface area (TPSA) is 55.1 Å². The summed E-state index contributed by atoms with van der Waals surface area (Å²) in [5, 5.41) is 3.01. The molecule has 1 rings (SSSR count). The smallest absolute Gasteiger partial charge is 0.224 e. The molecule has 0 aromatic heterocycles. The Morgan fingerprint density at radius 1 is 1.33 bits per heavy atom. The Bertz CT molecular complexity index is 198. The molecule has 1 amide bonds. The van der Waals surface area contributed by atoms with Crippen LogP contribution in [0.4, 0.5) is 0 Å². The molecule has 0 aromatic rings. The van der Waals surface area contributed by atoms with Crippen molar-refractivity contribution in [3.63, 3.8) is 0 Å². The first-order chi connectivity index (χ1) is 7.11. The van der Waals surface area contributed by atoms with E-state index in [1.54, 1.807) is 0 Å². The summed E-state index contributed by atoms with van der Waals surface area (Å²) in [5.74, 6) is 0.729. The second kappa shape index (κ2) is 6.11. The molecule has 1 saturated carbocycles. The van der Waals surface area contributed by atoms with Crippen LogP contribution in [0.15, 0.2) is 0 Å². The number of hydrogen-bond donors (Lipinski definition) is 2. The van der Waals surface area contributed by atoms with Gasteiger partial charge in [0.05, 0.1) is 0 Å². The van der Waals surface area contributed by atoms with Crippen molar-refractivity contribution in [2.45, 2.75) is 52.0 Å². The van der Waals surface area contributed by atoms with Gasteiger partial charge in [0, 0.05) is 18.5 Å². The molecule has 0 aromatic carbocycles. The summed E-state index contributed by atoms with van der Waals surface area (Å²) in [6.45, 7) is 4.61. The molecule has 0 bridgehead atoms. The maximum absolute atomic E-state index is 11.6. The highest BCUT2D eigenvalue weighted by atomic mass is 16.1. The van der Waals surface area contributed by atoms with Crippen molar-refractivity contribution in [3.8, 4) is 0 Å². The van der Waals surface area contributed by atoms with E-state index in [2.05, 4.69) is 5.32 Å². The van der Waals surface area contributed by atoms with Gasteiger partial charge >= 0.3 is 0 Å². The van der Waals surface area contributed by atoms with Crippen LogP contribution < -0.4 is 11.1 Å². The Kier molecular flexibility index (Phi) is 5.09.